The van der Waals surface area contributed by atoms with Gasteiger partial charge in [-0.25, -0.2) is 4.98 Å². The first-order chi connectivity index (χ1) is 8.84. The van der Waals surface area contributed by atoms with Crippen molar-refractivity contribution >= 4 is 28.2 Å². The predicted molar refractivity (Wildman–Crippen MR) is 76.3 cm³/mol. The van der Waals surface area contributed by atoms with Crippen LogP contribution in [0.1, 0.15) is 12.8 Å². The van der Waals surface area contributed by atoms with Crippen molar-refractivity contribution in [2.45, 2.75) is 18.9 Å². The van der Waals surface area contributed by atoms with Crippen LogP contribution < -0.4 is 10.6 Å². The summed E-state index contributed by atoms with van der Waals surface area (Å²) in [7, 11) is 0. The molecular formula is C14H16ClN3. The van der Waals surface area contributed by atoms with Gasteiger partial charge in [0.1, 0.15) is 5.82 Å². The number of benzene rings is 1. The average Bonchev–Trinajstić information content (AvgIpc) is 2.40. The first kappa shape index (κ1) is 11.8. The maximum Gasteiger partial charge on any atom is 0.135 e. The van der Waals surface area contributed by atoms with E-state index in [1.165, 1.54) is 12.8 Å². The molecule has 0 radical (unpaired) electrons. The van der Waals surface area contributed by atoms with Crippen molar-refractivity contribution < 1.29 is 0 Å². The highest BCUT2D eigenvalue weighted by Crippen LogP contribution is 2.29. The lowest BCUT2D eigenvalue weighted by atomic mass is 10.1. The minimum Gasteiger partial charge on any atom is -0.366 e. The molecule has 0 bridgehead atoms. The van der Waals surface area contributed by atoms with Crippen molar-refractivity contribution in [3.05, 3.63) is 35.5 Å². The number of nitrogens with one attached hydrogen (secondary N) is 2. The minimum atomic E-state index is 0.438. The Hall–Kier alpha value is -1.32. The van der Waals surface area contributed by atoms with E-state index in [0.717, 1.165) is 34.7 Å². The Morgan fingerprint density at radius 3 is 3.11 bits per heavy atom. The quantitative estimate of drug-likeness (QED) is 0.873. The molecule has 1 aromatic heterocycles. The number of halogens is 1. The molecular weight excluding hydrogens is 246 g/mol. The molecule has 3 nitrogen and oxygen atoms in total. The van der Waals surface area contributed by atoms with Crippen LogP contribution in [0.2, 0.25) is 5.02 Å². The normalized spacial score (nSPS) is 19.9. The monoisotopic (exact) mass is 261 g/mol. The van der Waals surface area contributed by atoms with E-state index in [1.54, 1.807) is 0 Å². The zero-order chi connectivity index (χ0) is 12.4. The molecule has 0 saturated carbocycles. The van der Waals surface area contributed by atoms with Crippen LogP contribution in [0.15, 0.2) is 30.5 Å². The Morgan fingerprint density at radius 2 is 2.28 bits per heavy atom. The Morgan fingerprint density at radius 1 is 1.33 bits per heavy atom. The molecule has 0 amide bonds. The molecule has 18 heavy (non-hydrogen) atoms. The third-order valence-corrected chi connectivity index (χ3v) is 3.69. The largest absolute Gasteiger partial charge is 0.366 e. The lowest BCUT2D eigenvalue weighted by Gasteiger charge is -2.25. The number of aromatic nitrogens is 1. The fourth-order valence-corrected chi connectivity index (χ4v) is 2.74. The lowest BCUT2D eigenvalue weighted by Crippen LogP contribution is -2.38. The van der Waals surface area contributed by atoms with E-state index < -0.39 is 0 Å². The molecule has 0 spiro atoms. The highest BCUT2D eigenvalue weighted by molar-refractivity contribution is 6.36. The van der Waals surface area contributed by atoms with E-state index in [0.29, 0.717) is 6.04 Å². The van der Waals surface area contributed by atoms with Crippen LogP contribution >= 0.6 is 11.6 Å². The van der Waals surface area contributed by atoms with Crippen LogP contribution in [-0.4, -0.2) is 24.1 Å². The molecule has 1 saturated heterocycles. The second-order valence-electron chi connectivity index (χ2n) is 4.69. The van der Waals surface area contributed by atoms with Crippen molar-refractivity contribution in [1.29, 1.82) is 0 Å². The molecule has 1 aliphatic heterocycles. The molecule has 3 rings (SSSR count). The van der Waals surface area contributed by atoms with Gasteiger partial charge in [-0.15, -0.1) is 0 Å². The Labute approximate surface area is 112 Å². The van der Waals surface area contributed by atoms with Crippen LogP contribution in [0.25, 0.3) is 10.8 Å². The topological polar surface area (TPSA) is 37.0 Å². The van der Waals surface area contributed by atoms with E-state index in [-0.39, 0.29) is 0 Å². The molecule has 1 aromatic carbocycles. The summed E-state index contributed by atoms with van der Waals surface area (Å²) in [6.45, 7) is 2.10. The van der Waals surface area contributed by atoms with Crippen LogP contribution in [0.3, 0.4) is 0 Å². The SMILES string of the molecule is Clc1cccc2ccnc(NC3CCCNC3)c12. The lowest BCUT2D eigenvalue weighted by molar-refractivity contribution is 0.479. The molecule has 2 N–H and O–H groups in total. The van der Waals surface area contributed by atoms with Crippen LogP contribution in [0, 0.1) is 0 Å². The standard InChI is InChI=1S/C14H16ClN3/c15-12-5-1-3-10-6-8-17-14(13(10)12)18-11-4-2-7-16-9-11/h1,3,5-6,8,11,16H,2,4,7,9H2,(H,17,18). The van der Waals surface area contributed by atoms with Crippen molar-refractivity contribution in [3.63, 3.8) is 0 Å². The van der Waals surface area contributed by atoms with Crippen LogP contribution in [-0.2, 0) is 0 Å². The van der Waals surface area contributed by atoms with Gasteiger partial charge in [0.15, 0.2) is 0 Å². The first-order valence-electron chi connectivity index (χ1n) is 6.35. The van der Waals surface area contributed by atoms with Gasteiger partial charge in [0, 0.05) is 24.2 Å². The van der Waals surface area contributed by atoms with E-state index in [9.17, 15) is 0 Å². The Balaban J connectivity index is 1.95. The summed E-state index contributed by atoms with van der Waals surface area (Å²) in [6.07, 6.45) is 4.21. The summed E-state index contributed by atoms with van der Waals surface area (Å²) < 4.78 is 0. The van der Waals surface area contributed by atoms with Crippen molar-refractivity contribution in [2.24, 2.45) is 0 Å². The fraction of sp³-hybridized carbons (Fsp3) is 0.357. The van der Waals surface area contributed by atoms with Gasteiger partial charge in [-0.05, 0) is 36.9 Å². The molecule has 2 aromatic rings. The smallest absolute Gasteiger partial charge is 0.135 e. The molecule has 2 heterocycles. The number of fused-ring (bicyclic) bond motifs is 1. The van der Waals surface area contributed by atoms with Gasteiger partial charge in [-0.2, -0.15) is 0 Å². The minimum absolute atomic E-state index is 0.438. The van der Waals surface area contributed by atoms with Gasteiger partial charge < -0.3 is 10.6 Å². The molecule has 0 aliphatic carbocycles. The number of pyridine rings is 1. The van der Waals surface area contributed by atoms with Gasteiger partial charge in [-0.1, -0.05) is 23.7 Å². The molecule has 4 heteroatoms. The van der Waals surface area contributed by atoms with Crippen molar-refractivity contribution in [3.8, 4) is 0 Å². The summed E-state index contributed by atoms with van der Waals surface area (Å²) in [6, 6.07) is 8.37. The molecule has 94 valence electrons. The van der Waals surface area contributed by atoms with Crippen molar-refractivity contribution in [1.82, 2.24) is 10.3 Å². The Kier molecular flexibility index (Phi) is 3.35. The van der Waals surface area contributed by atoms with Gasteiger partial charge >= 0.3 is 0 Å². The van der Waals surface area contributed by atoms with Crippen molar-refractivity contribution in [2.75, 3.05) is 18.4 Å². The van der Waals surface area contributed by atoms with E-state index >= 15 is 0 Å². The summed E-state index contributed by atoms with van der Waals surface area (Å²) in [5.41, 5.74) is 0. The predicted octanol–water partition coefficient (Wildman–Crippen LogP) is 3.05. The molecule has 1 unspecified atom stereocenters. The van der Waals surface area contributed by atoms with Crippen LogP contribution in [0.5, 0.6) is 0 Å². The maximum absolute atomic E-state index is 6.28. The highest BCUT2D eigenvalue weighted by Gasteiger charge is 2.15. The summed E-state index contributed by atoms with van der Waals surface area (Å²) in [5.74, 6) is 0.895. The fourth-order valence-electron chi connectivity index (χ4n) is 2.46. The summed E-state index contributed by atoms with van der Waals surface area (Å²) >= 11 is 6.28. The first-order valence-corrected chi connectivity index (χ1v) is 6.73. The maximum atomic E-state index is 6.28. The van der Waals surface area contributed by atoms with E-state index in [4.69, 9.17) is 11.6 Å². The second-order valence-corrected chi connectivity index (χ2v) is 5.09. The molecule has 1 aliphatic rings. The molecule has 1 atom stereocenters. The highest BCUT2D eigenvalue weighted by atomic mass is 35.5. The van der Waals surface area contributed by atoms with Gasteiger partial charge in [0.25, 0.3) is 0 Å². The number of piperidine rings is 1. The number of rotatable bonds is 2. The number of hydrogen-bond donors (Lipinski definition) is 2. The van der Waals surface area contributed by atoms with Gasteiger partial charge in [-0.3, -0.25) is 0 Å². The number of nitrogens with zero attached hydrogens (tertiary/aromatic N) is 1. The zero-order valence-corrected chi connectivity index (χ0v) is 10.9. The number of hydrogen-bond acceptors (Lipinski definition) is 3. The van der Waals surface area contributed by atoms with Gasteiger partial charge in [0.05, 0.1) is 5.02 Å². The van der Waals surface area contributed by atoms with E-state index in [1.807, 2.05) is 24.4 Å². The van der Waals surface area contributed by atoms with Gasteiger partial charge in [0.2, 0.25) is 0 Å². The summed E-state index contributed by atoms with van der Waals surface area (Å²) in [4.78, 5) is 4.44. The second kappa shape index (κ2) is 5.12. The Bertz CT molecular complexity index is 544. The molecule has 1 fully saturated rings. The zero-order valence-electron chi connectivity index (χ0n) is 10.1. The average molecular weight is 262 g/mol. The third kappa shape index (κ3) is 2.28. The summed E-state index contributed by atoms with van der Waals surface area (Å²) in [5, 5.41) is 9.81. The number of anilines is 1. The van der Waals surface area contributed by atoms with Crippen LogP contribution in [0.4, 0.5) is 5.82 Å². The van der Waals surface area contributed by atoms with E-state index in [2.05, 4.69) is 21.7 Å². The third-order valence-electron chi connectivity index (χ3n) is 3.38.